The first-order chi connectivity index (χ1) is 14.5. The number of ether oxygens (including phenoxy) is 1. The molecule has 31 heavy (non-hydrogen) atoms. The van der Waals surface area contributed by atoms with Gasteiger partial charge in [-0.1, -0.05) is 78.1 Å². The van der Waals surface area contributed by atoms with E-state index >= 15 is 0 Å². The number of Topliss-reactive ketones (excluding diaryl/α,β-unsaturated/α-hetero) is 1. The molecule has 0 radical (unpaired) electrons. The van der Waals surface area contributed by atoms with Crippen molar-refractivity contribution >= 4 is 56.7 Å². The number of thioether (sulfide) groups is 1. The SMILES string of the molecule is CC(=O)c1cc(-c2ccc(Cl)cc2)c(-c2ccc(Br)cc2Cl)nc1OCSC(C)(C)C. The summed E-state index contributed by atoms with van der Waals surface area (Å²) < 4.78 is 6.86. The molecule has 0 bridgehead atoms. The molecule has 0 atom stereocenters. The average molecular weight is 539 g/mol. The largest absolute Gasteiger partial charge is 0.466 e. The third-order valence-electron chi connectivity index (χ3n) is 4.40. The molecule has 0 amide bonds. The van der Waals surface area contributed by atoms with Crippen LogP contribution in [0.25, 0.3) is 22.4 Å². The maximum Gasteiger partial charge on any atom is 0.225 e. The van der Waals surface area contributed by atoms with Gasteiger partial charge in [0.05, 0.1) is 16.3 Å². The van der Waals surface area contributed by atoms with Crippen LogP contribution < -0.4 is 4.74 Å². The summed E-state index contributed by atoms with van der Waals surface area (Å²) in [5.74, 6) is 0.563. The van der Waals surface area contributed by atoms with Crippen molar-refractivity contribution in [3.8, 4) is 28.3 Å². The van der Waals surface area contributed by atoms with E-state index in [1.807, 2.05) is 48.5 Å². The van der Waals surface area contributed by atoms with Crippen LogP contribution in [-0.4, -0.2) is 21.5 Å². The molecule has 0 spiro atoms. The summed E-state index contributed by atoms with van der Waals surface area (Å²) in [7, 11) is 0. The molecule has 3 aromatic rings. The van der Waals surface area contributed by atoms with E-state index in [0.29, 0.717) is 33.1 Å². The molecule has 162 valence electrons. The number of halogens is 3. The zero-order valence-corrected chi connectivity index (χ0v) is 21.5. The van der Waals surface area contributed by atoms with Crippen molar-refractivity contribution < 1.29 is 9.53 Å². The van der Waals surface area contributed by atoms with Crippen LogP contribution in [-0.2, 0) is 0 Å². The molecule has 0 aliphatic carbocycles. The van der Waals surface area contributed by atoms with Crippen LogP contribution in [0.2, 0.25) is 10.0 Å². The Hall–Kier alpha value is -1.53. The Balaban J connectivity index is 2.19. The first kappa shape index (κ1) is 24.1. The fraction of sp³-hybridized carbons (Fsp3) is 0.250. The van der Waals surface area contributed by atoms with Gasteiger partial charge in [-0.15, -0.1) is 11.8 Å². The van der Waals surface area contributed by atoms with Gasteiger partial charge in [-0.3, -0.25) is 4.79 Å². The number of pyridine rings is 1. The maximum absolute atomic E-state index is 12.4. The Kier molecular flexibility index (Phi) is 7.74. The molecule has 3 rings (SSSR count). The van der Waals surface area contributed by atoms with E-state index in [4.69, 9.17) is 32.9 Å². The standard InChI is InChI=1S/C24H22BrCl2NO2S/c1-14(29)19-12-20(15-5-8-17(26)9-6-15)22(18-10-7-16(25)11-21(18)27)28-23(19)30-13-31-24(2,3)4/h5-12H,13H2,1-4H3. The summed E-state index contributed by atoms with van der Waals surface area (Å²) in [5, 5.41) is 1.17. The smallest absolute Gasteiger partial charge is 0.225 e. The molecular weight excluding hydrogens is 517 g/mol. The summed E-state index contributed by atoms with van der Waals surface area (Å²) in [4.78, 5) is 17.2. The van der Waals surface area contributed by atoms with Gasteiger partial charge in [0.15, 0.2) is 5.78 Å². The van der Waals surface area contributed by atoms with E-state index in [0.717, 1.165) is 21.2 Å². The van der Waals surface area contributed by atoms with Crippen LogP contribution in [0.5, 0.6) is 5.88 Å². The highest BCUT2D eigenvalue weighted by atomic mass is 79.9. The Bertz CT molecular complexity index is 1110. The van der Waals surface area contributed by atoms with Gasteiger partial charge in [-0.2, -0.15) is 0 Å². The number of nitrogens with zero attached hydrogens (tertiary/aromatic N) is 1. The monoisotopic (exact) mass is 537 g/mol. The number of carbonyl (C=O) groups excluding carboxylic acids is 1. The molecule has 7 heteroatoms. The zero-order chi connectivity index (χ0) is 22.8. The Morgan fingerprint density at radius 3 is 2.32 bits per heavy atom. The first-order valence-corrected chi connectivity index (χ1v) is 12.1. The van der Waals surface area contributed by atoms with Crippen molar-refractivity contribution in [1.29, 1.82) is 0 Å². The Morgan fingerprint density at radius 1 is 1.06 bits per heavy atom. The molecule has 0 aliphatic rings. The van der Waals surface area contributed by atoms with Crippen LogP contribution in [0, 0.1) is 0 Å². The van der Waals surface area contributed by atoms with Gasteiger partial charge in [0.1, 0.15) is 5.94 Å². The van der Waals surface area contributed by atoms with Gasteiger partial charge >= 0.3 is 0 Å². The first-order valence-electron chi connectivity index (χ1n) is 9.59. The fourth-order valence-electron chi connectivity index (χ4n) is 2.86. The molecule has 0 saturated carbocycles. The lowest BCUT2D eigenvalue weighted by Crippen LogP contribution is -2.12. The molecule has 0 aliphatic heterocycles. The molecule has 1 aromatic heterocycles. The lowest BCUT2D eigenvalue weighted by molar-refractivity contribution is 0.101. The summed E-state index contributed by atoms with van der Waals surface area (Å²) in [6.45, 7) is 7.84. The molecule has 0 saturated heterocycles. The number of hydrogen-bond donors (Lipinski definition) is 0. The van der Waals surface area contributed by atoms with Crippen LogP contribution in [0.15, 0.2) is 53.0 Å². The maximum atomic E-state index is 12.4. The summed E-state index contributed by atoms with van der Waals surface area (Å²) in [6.07, 6.45) is 0. The van der Waals surface area contributed by atoms with Gasteiger partial charge < -0.3 is 4.74 Å². The van der Waals surface area contributed by atoms with E-state index in [-0.39, 0.29) is 10.5 Å². The highest BCUT2D eigenvalue weighted by molar-refractivity contribution is 9.10. The van der Waals surface area contributed by atoms with Crippen molar-refractivity contribution in [2.45, 2.75) is 32.4 Å². The fourth-order valence-corrected chi connectivity index (χ4v) is 4.27. The second-order valence-electron chi connectivity index (χ2n) is 7.94. The zero-order valence-electron chi connectivity index (χ0n) is 17.6. The molecule has 3 nitrogen and oxygen atoms in total. The van der Waals surface area contributed by atoms with E-state index in [1.54, 1.807) is 11.8 Å². The quantitative estimate of drug-likeness (QED) is 0.233. The predicted molar refractivity (Wildman–Crippen MR) is 136 cm³/mol. The third-order valence-corrected chi connectivity index (χ3v) is 6.56. The molecule has 0 fully saturated rings. The van der Waals surface area contributed by atoms with Crippen molar-refractivity contribution in [1.82, 2.24) is 4.98 Å². The highest BCUT2D eigenvalue weighted by Crippen LogP contribution is 2.39. The van der Waals surface area contributed by atoms with Crippen LogP contribution in [0.1, 0.15) is 38.1 Å². The second kappa shape index (κ2) is 9.95. The topological polar surface area (TPSA) is 39.2 Å². The number of ketones is 1. The van der Waals surface area contributed by atoms with Gasteiger partial charge in [-0.05, 0) is 42.8 Å². The number of aromatic nitrogens is 1. The lowest BCUT2D eigenvalue weighted by Gasteiger charge is -2.19. The predicted octanol–water partition coefficient (Wildman–Crippen LogP) is 8.56. The van der Waals surface area contributed by atoms with Crippen molar-refractivity contribution in [3.05, 3.63) is 68.6 Å². The summed E-state index contributed by atoms with van der Waals surface area (Å²) in [5.41, 5.74) is 3.47. The van der Waals surface area contributed by atoms with Gasteiger partial charge in [0, 0.05) is 25.4 Å². The summed E-state index contributed by atoms with van der Waals surface area (Å²) >= 11 is 17.7. The van der Waals surface area contributed by atoms with E-state index < -0.39 is 0 Å². The molecular formula is C24H22BrCl2NO2S. The minimum absolute atomic E-state index is 0.0253. The lowest BCUT2D eigenvalue weighted by atomic mass is 9.97. The number of benzene rings is 2. The number of rotatable bonds is 6. The van der Waals surface area contributed by atoms with Crippen LogP contribution in [0.4, 0.5) is 0 Å². The number of hydrogen-bond acceptors (Lipinski definition) is 4. The normalized spacial score (nSPS) is 11.5. The van der Waals surface area contributed by atoms with E-state index in [1.165, 1.54) is 6.92 Å². The Morgan fingerprint density at radius 2 is 1.74 bits per heavy atom. The van der Waals surface area contributed by atoms with Crippen molar-refractivity contribution in [3.63, 3.8) is 0 Å². The highest BCUT2D eigenvalue weighted by Gasteiger charge is 2.21. The molecule has 0 N–H and O–H groups in total. The van der Waals surface area contributed by atoms with Crippen LogP contribution >= 0.6 is 50.9 Å². The van der Waals surface area contributed by atoms with Crippen molar-refractivity contribution in [2.75, 3.05) is 5.94 Å². The van der Waals surface area contributed by atoms with Gasteiger partial charge in [0.25, 0.3) is 0 Å². The van der Waals surface area contributed by atoms with E-state index in [9.17, 15) is 4.79 Å². The minimum atomic E-state index is -0.119. The molecule has 2 aromatic carbocycles. The minimum Gasteiger partial charge on any atom is -0.466 e. The van der Waals surface area contributed by atoms with Gasteiger partial charge in [-0.25, -0.2) is 4.98 Å². The Labute approximate surface area is 205 Å². The summed E-state index contributed by atoms with van der Waals surface area (Å²) in [6, 6.07) is 14.9. The molecule has 1 heterocycles. The van der Waals surface area contributed by atoms with E-state index in [2.05, 4.69) is 36.7 Å². The molecule has 0 unspecified atom stereocenters. The third kappa shape index (κ3) is 6.26. The second-order valence-corrected chi connectivity index (χ2v) is 11.5. The van der Waals surface area contributed by atoms with Gasteiger partial charge in [0.2, 0.25) is 5.88 Å². The average Bonchev–Trinajstić information content (AvgIpc) is 2.67. The van der Waals surface area contributed by atoms with Crippen molar-refractivity contribution in [2.24, 2.45) is 0 Å². The number of carbonyl (C=O) groups is 1. The van der Waals surface area contributed by atoms with Crippen LogP contribution in [0.3, 0.4) is 0 Å².